The topological polar surface area (TPSA) is 25.8 Å². The van der Waals surface area contributed by atoms with Crippen LogP contribution in [0.5, 0.6) is 0 Å². The summed E-state index contributed by atoms with van der Waals surface area (Å²) in [6, 6.07) is 25.9. The van der Waals surface area contributed by atoms with E-state index in [0.717, 1.165) is 11.1 Å². The summed E-state index contributed by atoms with van der Waals surface area (Å²) in [5.41, 5.74) is 3.40. The van der Waals surface area contributed by atoms with E-state index in [2.05, 4.69) is 9.97 Å². The second kappa shape index (κ2) is 10.5. The van der Waals surface area contributed by atoms with Gasteiger partial charge in [0.2, 0.25) is 0 Å². The van der Waals surface area contributed by atoms with Crippen LogP contribution in [0.2, 0.25) is 0 Å². The van der Waals surface area contributed by atoms with E-state index >= 15 is 0 Å². The molecule has 2 heterocycles. The largest absolute Gasteiger partial charge is 3.00 e. The molecule has 0 N–H and O–H groups in total. The molecule has 4 rings (SSSR count). The van der Waals surface area contributed by atoms with Gasteiger partial charge in [0.25, 0.3) is 0 Å². The van der Waals surface area contributed by atoms with Gasteiger partial charge in [0.05, 0.1) is 0 Å². The number of rotatable bonds is 2. The van der Waals surface area contributed by atoms with Gasteiger partial charge in [-0.1, -0.05) is 72.8 Å². The predicted octanol–water partition coefficient (Wildman–Crippen LogP) is 6.11. The van der Waals surface area contributed by atoms with Gasteiger partial charge in [-0.2, -0.15) is 0 Å². The van der Waals surface area contributed by atoms with Crippen LogP contribution in [0.4, 0.5) is 0 Å². The molecule has 0 atom stereocenters. The molecule has 0 aliphatic carbocycles. The Morgan fingerprint density at radius 2 is 0.963 bits per heavy atom. The summed E-state index contributed by atoms with van der Waals surface area (Å²) in [7, 11) is 0. The number of benzene rings is 2. The summed E-state index contributed by atoms with van der Waals surface area (Å²) < 4.78 is 44.6. The Morgan fingerprint density at radius 3 is 1.33 bits per heavy atom. The molecule has 3 heteroatoms. The van der Waals surface area contributed by atoms with Gasteiger partial charge in [0, 0.05) is 43.1 Å². The second-order valence-corrected chi connectivity index (χ2v) is 5.53. The summed E-state index contributed by atoms with van der Waals surface area (Å²) in [6.45, 7) is -4.35. The smallest absolute Gasteiger partial charge is 0.261 e. The van der Waals surface area contributed by atoms with Crippen LogP contribution in [0.25, 0.3) is 22.3 Å². The first-order valence-electron chi connectivity index (χ1n) is 11.2. The van der Waals surface area contributed by atoms with Crippen LogP contribution < -0.4 is 0 Å². The molecule has 4 aromatic rings. The van der Waals surface area contributed by atoms with E-state index in [-0.39, 0.29) is 31.5 Å². The zero-order valence-electron chi connectivity index (χ0n) is 20.5. The Bertz CT molecular complexity index is 1050. The molecule has 0 aliphatic heterocycles. The zero-order valence-corrected chi connectivity index (χ0v) is 16.9. The van der Waals surface area contributed by atoms with Crippen molar-refractivity contribution >= 4 is 0 Å². The molecule has 2 nitrogen and oxygen atoms in total. The van der Waals surface area contributed by atoms with Crippen molar-refractivity contribution in [1.29, 1.82) is 0 Å². The standard InChI is InChI=1S/2C12H11N.Ir/c2*1-10-12(8-5-9-13-10)11-6-3-2-4-7-11;/h2*2-9H,1H3;/q;;+3/i2*1D3;. The maximum Gasteiger partial charge on any atom is 3.00 e. The average Bonchev–Trinajstić information content (AvgIpc) is 2.80. The average molecular weight is 537 g/mol. The van der Waals surface area contributed by atoms with Crippen LogP contribution in [-0.2, 0) is 20.1 Å². The van der Waals surface area contributed by atoms with E-state index in [0.29, 0.717) is 11.1 Å². The van der Waals surface area contributed by atoms with Crippen LogP contribution in [-0.4, -0.2) is 9.97 Å². The van der Waals surface area contributed by atoms with Crippen molar-refractivity contribution in [2.24, 2.45) is 0 Å². The van der Waals surface area contributed by atoms with Gasteiger partial charge in [-0.3, -0.25) is 9.97 Å². The molecular formula is C24H22IrN2+3. The molecule has 0 bridgehead atoms. The minimum atomic E-state index is -2.17. The maximum atomic E-state index is 7.43. The Labute approximate surface area is 183 Å². The van der Waals surface area contributed by atoms with Crippen molar-refractivity contribution in [2.75, 3.05) is 0 Å². The normalized spacial score (nSPS) is 13.8. The molecule has 0 saturated heterocycles. The number of pyridine rings is 2. The molecule has 134 valence electrons. The Morgan fingerprint density at radius 1 is 0.556 bits per heavy atom. The first kappa shape index (κ1) is 13.5. The van der Waals surface area contributed by atoms with E-state index in [1.54, 1.807) is 24.3 Å². The number of aryl methyl sites for hydroxylation is 2. The summed E-state index contributed by atoms with van der Waals surface area (Å²) in [5.74, 6) is 0. The van der Waals surface area contributed by atoms with Gasteiger partial charge in [-0.25, -0.2) is 0 Å². The maximum absolute atomic E-state index is 7.43. The predicted molar refractivity (Wildman–Crippen MR) is 109 cm³/mol. The quantitative estimate of drug-likeness (QED) is 0.309. The summed E-state index contributed by atoms with van der Waals surface area (Å²) in [5, 5.41) is 0. The summed E-state index contributed by atoms with van der Waals surface area (Å²) in [6.07, 6.45) is 3.02. The van der Waals surface area contributed by atoms with Crippen LogP contribution in [0.1, 0.15) is 19.6 Å². The number of nitrogens with zero attached hydrogens (tertiary/aromatic N) is 2. The molecule has 0 saturated carbocycles. The molecular weight excluding hydrogens is 508 g/mol. The first-order valence-corrected chi connectivity index (χ1v) is 8.20. The Kier molecular flexibility index (Phi) is 5.27. The van der Waals surface area contributed by atoms with Crippen LogP contribution in [0.3, 0.4) is 0 Å². The van der Waals surface area contributed by atoms with Gasteiger partial charge >= 0.3 is 20.1 Å². The number of aromatic nitrogens is 2. The minimum absolute atomic E-state index is 0. The molecule has 0 radical (unpaired) electrons. The van der Waals surface area contributed by atoms with Gasteiger partial charge in [-0.05, 0) is 37.0 Å². The SMILES string of the molecule is [2H]C([2H])([2H])c1ncccc1-c1ccccc1.[2H]C([2H])([2H])c1ncccc1-c1ccccc1.[Ir+3]. The van der Waals surface area contributed by atoms with Crippen LogP contribution in [0, 0.1) is 13.7 Å². The molecule has 0 amide bonds. The van der Waals surface area contributed by atoms with Crippen molar-refractivity contribution < 1.29 is 28.3 Å². The fourth-order valence-electron chi connectivity index (χ4n) is 2.51. The van der Waals surface area contributed by atoms with Gasteiger partial charge in [0.15, 0.2) is 0 Å². The minimum Gasteiger partial charge on any atom is -0.261 e. The Balaban J connectivity index is 0.000000227. The van der Waals surface area contributed by atoms with E-state index in [1.165, 1.54) is 12.4 Å². The van der Waals surface area contributed by atoms with E-state index in [4.69, 9.17) is 8.22 Å². The van der Waals surface area contributed by atoms with E-state index in [1.807, 2.05) is 60.7 Å². The third-order valence-electron chi connectivity index (χ3n) is 3.79. The second-order valence-electron chi connectivity index (χ2n) is 5.53. The summed E-state index contributed by atoms with van der Waals surface area (Å²) in [4.78, 5) is 7.93. The molecule has 2 aromatic carbocycles. The fourth-order valence-corrected chi connectivity index (χ4v) is 2.51. The van der Waals surface area contributed by atoms with Gasteiger partial charge in [0.1, 0.15) is 0 Å². The van der Waals surface area contributed by atoms with E-state index in [9.17, 15) is 0 Å². The molecule has 2 aromatic heterocycles. The molecule has 0 unspecified atom stereocenters. The van der Waals surface area contributed by atoms with Crippen molar-refractivity contribution in [3.8, 4) is 22.3 Å². The molecule has 27 heavy (non-hydrogen) atoms. The fraction of sp³-hybridized carbons (Fsp3) is 0.0833. The summed E-state index contributed by atoms with van der Waals surface area (Å²) >= 11 is 0. The number of hydrogen-bond donors (Lipinski definition) is 0. The van der Waals surface area contributed by atoms with Crippen molar-refractivity contribution in [3.05, 3.63) is 109 Å². The third kappa shape index (κ3) is 5.68. The molecule has 0 aliphatic rings. The van der Waals surface area contributed by atoms with Gasteiger partial charge < -0.3 is 0 Å². The monoisotopic (exact) mass is 537 g/mol. The van der Waals surface area contributed by atoms with Gasteiger partial charge in [-0.15, -0.1) is 0 Å². The zero-order chi connectivity index (χ0) is 23.2. The van der Waals surface area contributed by atoms with Crippen LogP contribution >= 0.6 is 0 Å². The first-order chi connectivity index (χ1) is 15.2. The van der Waals surface area contributed by atoms with Crippen molar-refractivity contribution in [1.82, 2.24) is 9.97 Å². The molecule has 0 fully saturated rings. The van der Waals surface area contributed by atoms with Crippen molar-refractivity contribution in [3.63, 3.8) is 0 Å². The third-order valence-corrected chi connectivity index (χ3v) is 3.79. The van der Waals surface area contributed by atoms with Crippen LogP contribution in [0.15, 0.2) is 97.3 Å². The van der Waals surface area contributed by atoms with Crippen molar-refractivity contribution in [2.45, 2.75) is 13.7 Å². The Hall–Kier alpha value is -2.61. The number of hydrogen-bond acceptors (Lipinski definition) is 2. The van der Waals surface area contributed by atoms with E-state index < -0.39 is 13.7 Å². The molecule has 0 spiro atoms.